The van der Waals surface area contributed by atoms with Crippen molar-refractivity contribution in [1.82, 2.24) is 0 Å². The van der Waals surface area contributed by atoms with Crippen LogP contribution in [-0.4, -0.2) is 10.7 Å². The van der Waals surface area contributed by atoms with Crippen LogP contribution in [0.2, 0.25) is 0 Å². The molecule has 0 heterocycles. The van der Waals surface area contributed by atoms with E-state index in [-0.39, 0.29) is 5.41 Å². The lowest BCUT2D eigenvalue weighted by Crippen LogP contribution is -2.41. The van der Waals surface area contributed by atoms with Gasteiger partial charge in [-0.1, -0.05) is 30.2 Å². The van der Waals surface area contributed by atoms with E-state index >= 15 is 0 Å². The fourth-order valence-corrected chi connectivity index (χ4v) is 3.20. The van der Waals surface area contributed by atoms with E-state index in [1.807, 2.05) is 6.92 Å². The van der Waals surface area contributed by atoms with E-state index in [4.69, 9.17) is 0 Å². The molecule has 0 aromatic heterocycles. The molecule has 0 aromatic carbocycles. The largest absolute Gasteiger partial charge is 0.389 e. The zero-order valence-electron chi connectivity index (χ0n) is 11.7. The van der Waals surface area contributed by atoms with E-state index in [1.165, 1.54) is 22.3 Å². The molecule has 2 aliphatic rings. The van der Waals surface area contributed by atoms with E-state index < -0.39 is 5.60 Å². The van der Waals surface area contributed by atoms with Crippen LogP contribution in [0.3, 0.4) is 0 Å². The van der Waals surface area contributed by atoms with Crippen LogP contribution in [0.15, 0.2) is 34.4 Å². The Morgan fingerprint density at radius 1 is 1.35 bits per heavy atom. The molecule has 1 saturated carbocycles. The van der Waals surface area contributed by atoms with E-state index in [9.17, 15) is 5.11 Å². The predicted octanol–water partition coefficient (Wildman–Crippen LogP) is 4.15. The van der Waals surface area contributed by atoms with Crippen LogP contribution in [-0.2, 0) is 0 Å². The van der Waals surface area contributed by atoms with Gasteiger partial charge in [0.05, 0.1) is 5.60 Å². The van der Waals surface area contributed by atoms with Gasteiger partial charge in [0.15, 0.2) is 0 Å². The average Bonchev–Trinajstić information content (AvgIpc) is 2.40. The first kappa shape index (κ1) is 12.6. The first-order chi connectivity index (χ1) is 7.76. The summed E-state index contributed by atoms with van der Waals surface area (Å²) in [4.78, 5) is 0. The van der Waals surface area contributed by atoms with Crippen molar-refractivity contribution in [2.75, 3.05) is 0 Å². The summed E-state index contributed by atoms with van der Waals surface area (Å²) in [5.41, 5.74) is 4.91. The first-order valence-corrected chi connectivity index (χ1v) is 6.54. The van der Waals surface area contributed by atoms with Crippen LogP contribution >= 0.6 is 0 Å². The fourth-order valence-electron chi connectivity index (χ4n) is 3.20. The molecule has 2 rings (SSSR count). The molecule has 0 spiro atoms. The molecular weight excluding hydrogens is 208 g/mol. The van der Waals surface area contributed by atoms with Gasteiger partial charge in [-0.2, -0.15) is 0 Å². The summed E-state index contributed by atoms with van der Waals surface area (Å²) in [5, 5.41) is 10.6. The Morgan fingerprint density at radius 2 is 2.00 bits per heavy atom. The Hall–Kier alpha value is -0.820. The van der Waals surface area contributed by atoms with Gasteiger partial charge >= 0.3 is 0 Å². The van der Waals surface area contributed by atoms with Crippen molar-refractivity contribution in [2.24, 2.45) is 5.41 Å². The second kappa shape index (κ2) is 3.84. The normalized spacial score (nSPS) is 36.7. The summed E-state index contributed by atoms with van der Waals surface area (Å²) in [6.45, 7) is 10.7. The molecule has 0 bridgehead atoms. The highest BCUT2D eigenvalue weighted by molar-refractivity contribution is 5.45. The minimum absolute atomic E-state index is 0.0617. The summed E-state index contributed by atoms with van der Waals surface area (Å²) in [6, 6.07) is 0. The molecule has 0 amide bonds. The molecule has 1 nitrogen and oxygen atoms in total. The van der Waals surface area contributed by atoms with E-state index in [0.29, 0.717) is 0 Å². The minimum atomic E-state index is -0.555. The standard InChI is InChI=1S/C16H24O/c1-11(2)8-13-10-15(4)14(9-12(13)3)6-7-16(15,5)17/h8-9,17H,6-7,10H2,1-5H3. The van der Waals surface area contributed by atoms with Crippen molar-refractivity contribution < 1.29 is 5.11 Å². The third-order valence-electron chi connectivity index (χ3n) is 4.68. The predicted molar refractivity (Wildman–Crippen MR) is 72.8 cm³/mol. The molecule has 17 heavy (non-hydrogen) atoms. The SMILES string of the molecule is CC(C)=CC1=C(C)C=C2CCC(C)(O)C2(C)C1. The van der Waals surface area contributed by atoms with Gasteiger partial charge < -0.3 is 5.11 Å². The van der Waals surface area contributed by atoms with E-state index in [1.54, 1.807) is 0 Å². The van der Waals surface area contributed by atoms with Crippen LogP contribution in [0.1, 0.15) is 53.9 Å². The lowest BCUT2D eigenvalue weighted by molar-refractivity contribution is -0.0220. The summed E-state index contributed by atoms with van der Waals surface area (Å²) in [6.07, 6.45) is 7.48. The number of rotatable bonds is 1. The second-order valence-electron chi connectivity index (χ2n) is 6.38. The zero-order valence-corrected chi connectivity index (χ0v) is 11.7. The molecule has 1 fully saturated rings. The van der Waals surface area contributed by atoms with Gasteiger partial charge in [-0.25, -0.2) is 0 Å². The average molecular weight is 232 g/mol. The summed E-state index contributed by atoms with van der Waals surface area (Å²) in [7, 11) is 0. The Morgan fingerprint density at radius 3 is 2.59 bits per heavy atom. The monoisotopic (exact) mass is 232 g/mol. The zero-order chi connectivity index (χ0) is 12.8. The van der Waals surface area contributed by atoms with Crippen molar-refractivity contribution in [3.05, 3.63) is 34.4 Å². The number of allylic oxidation sites excluding steroid dienone is 5. The van der Waals surface area contributed by atoms with Crippen LogP contribution in [0, 0.1) is 5.41 Å². The highest BCUT2D eigenvalue weighted by Crippen LogP contribution is 2.56. The Labute approximate surface area is 105 Å². The topological polar surface area (TPSA) is 20.2 Å². The van der Waals surface area contributed by atoms with Crippen molar-refractivity contribution in [3.8, 4) is 0 Å². The molecular formula is C16H24O. The fraction of sp³-hybridized carbons (Fsp3) is 0.625. The highest BCUT2D eigenvalue weighted by Gasteiger charge is 2.51. The van der Waals surface area contributed by atoms with Crippen molar-refractivity contribution in [2.45, 2.75) is 59.5 Å². The van der Waals surface area contributed by atoms with Crippen molar-refractivity contribution in [3.63, 3.8) is 0 Å². The number of hydrogen-bond donors (Lipinski definition) is 1. The lowest BCUT2D eigenvalue weighted by Gasteiger charge is -2.41. The quantitative estimate of drug-likeness (QED) is 0.720. The first-order valence-electron chi connectivity index (χ1n) is 6.54. The Balaban J connectivity index is 2.45. The smallest absolute Gasteiger partial charge is 0.0716 e. The summed E-state index contributed by atoms with van der Waals surface area (Å²) < 4.78 is 0. The van der Waals surface area contributed by atoms with Crippen LogP contribution < -0.4 is 0 Å². The molecule has 0 radical (unpaired) electrons. The van der Waals surface area contributed by atoms with Gasteiger partial charge in [-0.05, 0) is 58.1 Å². The summed E-state index contributed by atoms with van der Waals surface area (Å²) >= 11 is 0. The van der Waals surface area contributed by atoms with Gasteiger partial charge in [-0.15, -0.1) is 0 Å². The summed E-state index contributed by atoms with van der Waals surface area (Å²) in [5.74, 6) is 0. The Bertz CT molecular complexity index is 430. The van der Waals surface area contributed by atoms with Crippen LogP contribution in [0.25, 0.3) is 0 Å². The molecule has 0 aliphatic heterocycles. The maximum atomic E-state index is 10.6. The Kier molecular flexibility index (Phi) is 2.86. The molecule has 0 saturated heterocycles. The van der Waals surface area contributed by atoms with E-state index in [2.05, 4.69) is 39.8 Å². The number of hydrogen-bond acceptors (Lipinski definition) is 1. The maximum absolute atomic E-state index is 10.6. The molecule has 1 N–H and O–H groups in total. The van der Waals surface area contributed by atoms with Crippen molar-refractivity contribution in [1.29, 1.82) is 0 Å². The highest BCUT2D eigenvalue weighted by atomic mass is 16.3. The lowest BCUT2D eigenvalue weighted by atomic mass is 9.67. The maximum Gasteiger partial charge on any atom is 0.0716 e. The molecule has 2 unspecified atom stereocenters. The van der Waals surface area contributed by atoms with Crippen LogP contribution in [0.4, 0.5) is 0 Å². The van der Waals surface area contributed by atoms with Gasteiger partial charge in [-0.3, -0.25) is 0 Å². The van der Waals surface area contributed by atoms with Gasteiger partial charge in [0.25, 0.3) is 0 Å². The van der Waals surface area contributed by atoms with Crippen molar-refractivity contribution >= 4 is 0 Å². The number of aliphatic hydroxyl groups is 1. The molecule has 94 valence electrons. The van der Waals surface area contributed by atoms with Gasteiger partial charge in [0, 0.05) is 5.41 Å². The molecule has 1 heteroatoms. The number of fused-ring (bicyclic) bond motifs is 1. The third kappa shape index (κ3) is 1.91. The molecule has 2 atom stereocenters. The molecule has 2 aliphatic carbocycles. The van der Waals surface area contributed by atoms with Crippen LogP contribution in [0.5, 0.6) is 0 Å². The molecule has 0 aromatic rings. The third-order valence-corrected chi connectivity index (χ3v) is 4.68. The van der Waals surface area contributed by atoms with E-state index in [0.717, 1.165) is 19.3 Å². The minimum Gasteiger partial charge on any atom is -0.389 e. The van der Waals surface area contributed by atoms with Gasteiger partial charge in [0.1, 0.15) is 0 Å². The van der Waals surface area contributed by atoms with Gasteiger partial charge in [0.2, 0.25) is 0 Å². The second-order valence-corrected chi connectivity index (χ2v) is 6.38.